The van der Waals surface area contributed by atoms with E-state index >= 15 is 0 Å². The van der Waals surface area contributed by atoms with Crippen molar-refractivity contribution >= 4 is 17.6 Å². The van der Waals surface area contributed by atoms with Crippen LogP contribution in [0.3, 0.4) is 0 Å². The summed E-state index contributed by atoms with van der Waals surface area (Å²) in [7, 11) is 0. The zero-order valence-electron chi connectivity index (χ0n) is 15.1. The first-order valence-electron chi connectivity index (χ1n) is 9.37. The lowest BCUT2D eigenvalue weighted by molar-refractivity contribution is -0.199. The highest BCUT2D eigenvalue weighted by Gasteiger charge is 2.61. The molecule has 2 N–H and O–H groups in total. The Morgan fingerprint density at radius 1 is 1.22 bits per heavy atom. The fourth-order valence-corrected chi connectivity index (χ4v) is 5.62. The number of amides is 1. The second-order valence-electron chi connectivity index (χ2n) is 8.63. The van der Waals surface area contributed by atoms with Crippen LogP contribution in [0.1, 0.15) is 45.4 Å². The quantitative estimate of drug-likeness (QED) is 0.788. The minimum atomic E-state index is -1.12. The Balaban J connectivity index is 1.42. The standard InChI is InChI=1S/C20H23F2NO4/c1-11(17(24)23-16-3-2-14(21)5-15(16)22)27-18(25)19-6-12-4-13(7-19)9-20(26,8-12)10-19/h2-3,5,11-13,26H,4,6-10H2,1H3,(H,23,24)/t11-,12-,13+,19?,20?/m1/s1. The van der Waals surface area contributed by atoms with Crippen molar-refractivity contribution in [3.05, 3.63) is 29.8 Å². The highest BCUT2D eigenvalue weighted by atomic mass is 19.1. The lowest BCUT2D eigenvalue weighted by Crippen LogP contribution is -2.59. The van der Waals surface area contributed by atoms with Gasteiger partial charge in [-0.2, -0.15) is 0 Å². The zero-order valence-corrected chi connectivity index (χ0v) is 15.1. The number of rotatable bonds is 4. The van der Waals surface area contributed by atoms with Gasteiger partial charge in [-0.25, -0.2) is 8.78 Å². The van der Waals surface area contributed by atoms with Crippen molar-refractivity contribution in [3.63, 3.8) is 0 Å². The predicted molar refractivity (Wildman–Crippen MR) is 92.6 cm³/mol. The van der Waals surface area contributed by atoms with Gasteiger partial charge < -0.3 is 15.2 Å². The molecule has 5 atom stereocenters. The molecule has 5 nitrogen and oxygen atoms in total. The Morgan fingerprint density at radius 2 is 1.89 bits per heavy atom. The smallest absolute Gasteiger partial charge is 0.312 e. The summed E-state index contributed by atoms with van der Waals surface area (Å²) in [6.45, 7) is 1.42. The van der Waals surface area contributed by atoms with Gasteiger partial charge in [0.1, 0.15) is 11.6 Å². The zero-order chi connectivity index (χ0) is 19.4. The van der Waals surface area contributed by atoms with E-state index in [4.69, 9.17) is 4.74 Å². The van der Waals surface area contributed by atoms with Crippen molar-refractivity contribution in [2.45, 2.75) is 57.2 Å². The molecule has 0 aromatic heterocycles. The number of anilines is 1. The first kappa shape index (κ1) is 18.3. The molecular weight excluding hydrogens is 356 g/mol. The third kappa shape index (κ3) is 3.33. The number of hydrogen-bond donors (Lipinski definition) is 2. The number of aliphatic hydroxyl groups is 1. The lowest BCUT2D eigenvalue weighted by atomic mass is 9.48. The fraction of sp³-hybridized carbons (Fsp3) is 0.600. The second-order valence-corrected chi connectivity index (χ2v) is 8.63. The number of benzene rings is 1. The van der Waals surface area contributed by atoms with Crippen LogP contribution < -0.4 is 5.32 Å². The first-order valence-corrected chi connectivity index (χ1v) is 9.37. The third-order valence-corrected chi connectivity index (χ3v) is 6.31. The summed E-state index contributed by atoms with van der Waals surface area (Å²) >= 11 is 0. The second kappa shape index (κ2) is 6.26. The van der Waals surface area contributed by atoms with Crippen molar-refractivity contribution in [2.75, 3.05) is 5.32 Å². The third-order valence-electron chi connectivity index (χ3n) is 6.31. The molecule has 0 aliphatic heterocycles. The van der Waals surface area contributed by atoms with Gasteiger partial charge in [-0.15, -0.1) is 0 Å². The molecule has 27 heavy (non-hydrogen) atoms. The maximum absolute atomic E-state index is 13.7. The van der Waals surface area contributed by atoms with Gasteiger partial charge in [0.2, 0.25) is 0 Å². The lowest BCUT2D eigenvalue weighted by Gasteiger charge is -2.58. The van der Waals surface area contributed by atoms with Crippen LogP contribution in [0.15, 0.2) is 18.2 Å². The summed E-state index contributed by atoms with van der Waals surface area (Å²) in [4.78, 5) is 25.2. The molecule has 7 heteroatoms. The molecule has 4 aliphatic rings. The van der Waals surface area contributed by atoms with Crippen LogP contribution in [0.5, 0.6) is 0 Å². The molecule has 4 bridgehead atoms. The molecule has 1 amide bonds. The van der Waals surface area contributed by atoms with Gasteiger partial charge in [0.05, 0.1) is 16.7 Å². The van der Waals surface area contributed by atoms with E-state index in [9.17, 15) is 23.5 Å². The minimum absolute atomic E-state index is 0.173. The Kier molecular flexibility index (Phi) is 4.25. The van der Waals surface area contributed by atoms with Crippen molar-refractivity contribution in [1.82, 2.24) is 0 Å². The van der Waals surface area contributed by atoms with Crippen LogP contribution in [0.25, 0.3) is 0 Å². The number of ether oxygens (including phenoxy) is 1. The van der Waals surface area contributed by atoms with E-state index < -0.39 is 40.6 Å². The Morgan fingerprint density at radius 3 is 2.48 bits per heavy atom. The van der Waals surface area contributed by atoms with Gasteiger partial charge in [-0.1, -0.05) is 0 Å². The summed E-state index contributed by atoms with van der Waals surface area (Å²) in [5.41, 5.74) is -1.70. The molecule has 1 aromatic rings. The van der Waals surface area contributed by atoms with E-state index in [2.05, 4.69) is 5.32 Å². The summed E-state index contributed by atoms with van der Waals surface area (Å²) in [6.07, 6.45) is 3.14. The average Bonchev–Trinajstić information content (AvgIpc) is 2.55. The maximum atomic E-state index is 13.7. The number of hydrogen-bond acceptors (Lipinski definition) is 4. The molecule has 0 heterocycles. The molecule has 5 rings (SSSR count). The molecular formula is C20H23F2NO4. The van der Waals surface area contributed by atoms with Crippen molar-refractivity contribution in [1.29, 1.82) is 0 Å². The first-order chi connectivity index (χ1) is 12.7. The minimum Gasteiger partial charge on any atom is -0.452 e. The fourth-order valence-electron chi connectivity index (χ4n) is 5.62. The monoisotopic (exact) mass is 379 g/mol. The van der Waals surface area contributed by atoms with Gasteiger partial charge >= 0.3 is 5.97 Å². The Bertz CT molecular complexity index is 782. The number of nitrogens with one attached hydrogen (secondary N) is 1. The highest BCUT2D eigenvalue weighted by molar-refractivity contribution is 5.95. The molecule has 2 unspecified atom stereocenters. The van der Waals surface area contributed by atoms with Crippen LogP contribution in [0, 0.1) is 28.9 Å². The average molecular weight is 379 g/mol. The van der Waals surface area contributed by atoms with E-state index in [1.54, 1.807) is 0 Å². The van der Waals surface area contributed by atoms with Crippen LogP contribution in [-0.2, 0) is 14.3 Å². The summed E-state index contributed by atoms with van der Waals surface area (Å²) in [6, 6.07) is 2.82. The summed E-state index contributed by atoms with van der Waals surface area (Å²) < 4.78 is 32.1. The van der Waals surface area contributed by atoms with Crippen LogP contribution in [0.4, 0.5) is 14.5 Å². The molecule has 1 aromatic carbocycles. The highest BCUT2D eigenvalue weighted by Crippen LogP contribution is 2.62. The predicted octanol–water partition coefficient (Wildman–Crippen LogP) is 3.17. The maximum Gasteiger partial charge on any atom is 0.312 e. The van der Waals surface area contributed by atoms with Crippen LogP contribution >= 0.6 is 0 Å². The van der Waals surface area contributed by atoms with Gasteiger partial charge in [-0.05, 0) is 69.4 Å². The normalized spacial score (nSPS) is 35.0. The van der Waals surface area contributed by atoms with Crippen LogP contribution in [0.2, 0.25) is 0 Å². The molecule has 146 valence electrons. The number of esters is 1. The van der Waals surface area contributed by atoms with E-state index in [0.29, 0.717) is 37.2 Å². The van der Waals surface area contributed by atoms with E-state index in [0.717, 1.165) is 31.4 Å². The largest absolute Gasteiger partial charge is 0.452 e. The topological polar surface area (TPSA) is 75.6 Å². The van der Waals surface area contributed by atoms with Gasteiger partial charge in [0, 0.05) is 6.07 Å². The Labute approximate surface area is 156 Å². The summed E-state index contributed by atoms with van der Waals surface area (Å²) in [5, 5.41) is 13.1. The van der Waals surface area contributed by atoms with E-state index in [1.165, 1.54) is 6.92 Å². The van der Waals surface area contributed by atoms with Crippen LogP contribution in [-0.4, -0.2) is 28.7 Å². The van der Waals surface area contributed by atoms with Crippen molar-refractivity contribution in [2.24, 2.45) is 17.3 Å². The van der Waals surface area contributed by atoms with E-state index in [-0.39, 0.29) is 5.69 Å². The Hall–Kier alpha value is -2.02. The molecule has 0 saturated heterocycles. The van der Waals surface area contributed by atoms with Gasteiger partial charge in [-0.3, -0.25) is 9.59 Å². The number of carbonyl (C=O) groups excluding carboxylic acids is 2. The van der Waals surface area contributed by atoms with E-state index in [1.807, 2.05) is 0 Å². The molecule has 4 saturated carbocycles. The SMILES string of the molecule is C[C@@H](OC(=O)C12C[C@@H]3C[C@@H](CC(O)(C3)C1)C2)C(=O)Nc1ccc(F)cc1F. The van der Waals surface area contributed by atoms with Gasteiger partial charge in [0.15, 0.2) is 6.10 Å². The number of carbonyl (C=O) groups is 2. The molecule has 4 aliphatic carbocycles. The summed E-state index contributed by atoms with van der Waals surface area (Å²) in [5.74, 6) is -2.15. The van der Waals surface area contributed by atoms with Crippen molar-refractivity contribution in [3.8, 4) is 0 Å². The molecule has 0 radical (unpaired) electrons. The van der Waals surface area contributed by atoms with Gasteiger partial charge in [0.25, 0.3) is 5.91 Å². The molecule has 4 fully saturated rings. The number of halogens is 2. The van der Waals surface area contributed by atoms with Crippen molar-refractivity contribution < 1.29 is 28.2 Å². The molecule has 0 spiro atoms.